The maximum atomic E-state index is 12.0. The predicted molar refractivity (Wildman–Crippen MR) is 138 cm³/mol. The molecular weight excluding hydrogens is 505 g/mol. The fourth-order valence-electron chi connectivity index (χ4n) is 3.48. The number of nitrogens with zero attached hydrogens (tertiary/aromatic N) is 3. The van der Waals surface area contributed by atoms with Crippen molar-refractivity contribution in [2.75, 3.05) is 47.4 Å². The first kappa shape index (κ1) is 27.5. The van der Waals surface area contributed by atoms with Crippen LogP contribution in [0.5, 0.6) is 5.75 Å². The third-order valence-electron chi connectivity index (χ3n) is 5.66. The number of benzene rings is 1. The van der Waals surface area contributed by atoms with Gasteiger partial charge in [0, 0.05) is 26.7 Å². The second-order valence-electron chi connectivity index (χ2n) is 8.17. The molecule has 1 amide bonds. The molecular formula is C23H40IN5O2. The van der Waals surface area contributed by atoms with Gasteiger partial charge in [-0.1, -0.05) is 25.5 Å². The number of rotatable bonds is 9. The third-order valence-corrected chi connectivity index (χ3v) is 5.66. The van der Waals surface area contributed by atoms with Crippen LogP contribution in [0.3, 0.4) is 0 Å². The van der Waals surface area contributed by atoms with E-state index in [4.69, 9.17) is 4.74 Å². The van der Waals surface area contributed by atoms with Gasteiger partial charge in [-0.2, -0.15) is 0 Å². The van der Waals surface area contributed by atoms with Crippen LogP contribution >= 0.6 is 24.0 Å². The lowest BCUT2D eigenvalue weighted by molar-refractivity contribution is -0.127. The number of methoxy groups -OCH3 is 1. The molecule has 1 aromatic carbocycles. The topological polar surface area (TPSA) is 69.2 Å². The Balaban J connectivity index is 0.00000480. The zero-order valence-electron chi connectivity index (χ0n) is 19.7. The van der Waals surface area contributed by atoms with Gasteiger partial charge in [-0.15, -0.1) is 24.0 Å². The lowest BCUT2D eigenvalue weighted by Gasteiger charge is -2.35. The normalized spacial score (nSPS) is 16.6. The summed E-state index contributed by atoms with van der Waals surface area (Å²) < 4.78 is 5.33. The lowest BCUT2D eigenvalue weighted by Crippen LogP contribution is -2.47. The third kappa shape index (κ3) is 9.22. The van der Waals surface area contributed by atoms with Crippen LogP contribution < -0.4 is 15.4 Å². The number of aliphatic imine (C=N–C) groups is 1. The van der Waals surface area contributed by atoms with Gasteiger partial charge in [-0.25, -0.2) is 4.99 Å². The van der Waals surface area contributed by atoms with Crippen molar-refractivity contribution in [2.45, 2.75) is 51.6 Å². The molecule has 0 radical (unpaired) electrons. The molecule has 1 saturated heterocycles. The minimum absolute atomic E-state index is 0. The Labute approximate surface area is 205 Å². The number of carbonyl (C=O) groups excluding carboxylic acids is 1. The molecule has 7 nitrogen and oxygen atoms in total. The van der Waals surface area contributed by atoms with Crippen molar-refractivity contribution in [2.24, 2.45) is 4.99 Å². The molecule has 8 heteroatoms. The molecule has 2 rings (SSSR count). The van der Waals surface area contributed by atoms with Gasteiger partial charge in [0.1, 0.15) is 12.3 Å². The average molecular weight is 546 g/mol. The number of hydrogen-bond donors (Lipinski definition) is 2. The second kappa shape index (κ2) is 14.5. The predicted octanol–water partition coefficient (Wildman–Crippen LogP) is 3.26. The number of guanidine groups is 1. The summed E-state index contributed by atoms with van der Waals surface area (Å²) in [6.07, 6.45) is 4.75. The van der Waals surface area contributed by atoms with Crippen molar-refractivity contribution in [3.05, 3.63) is 29.8 Å². The van der Waals surface area contributed by atoms with Crippen LogP contribution in [0.1, 0.15) is 51.1 Å². The number of piperidine rings is 1. The number of nitrogens with one attached hydrogen (secondary N) is 2. The van der Waals surface area contributed by atoms with Gasteiger partial charge in [-0.05, 0) is 57.0 Å². The fourth-order valence-corrected chi connectivity index (χ4v) is 3.48. The van der Waals surface area contributed by atoms with Crippen molar-refractivity contribution in [1.29, 1.82) is 0 Å². The van der Waals surface area contributed by atoms with Crippen molar-refractivity contribution < 1.29 is 9.53 Å². The molecule has 0 spiro atoms. The van der Waals surface area contributed by atoms with Crippen LogP contribution in [-0.4, -0.2) is 75.1 Å². The standard InChI is InChI=1S/C23H39N5O2.HI/c1-6-18(2)26-23(25-17-22(29)27(3)4)24-16-21(28-14-8-7-9-15-28)19-10-12-20(30-5)13-11-19;/h10-13,18,21H,6-9,14-17H2,1-5H3,(H2,24,25,26);1H. The van der Waals surface area contributed by atoms with Crippen LogP contribution in [0.4, 0.5) is 0 Å². The Morgan fingerprint density at radius 2 is 1.84 bits per heavy atom. The smallest absolute Gasteiger partial charge is 0.243 e. The van der Waals surface area contributed by atoms with E-state index in [1.165, 1.54) is 24.8 Å². The highest BCUT2D eigenvalue weighted by molar-refractivity contribution is 14.0. The quantitative estimate of drug-likeness (QED) is 0.283. The summed E-state index contributed by atoms with van der Waals surface area (Å²) in [6.45, 7) is 7.32. The first-order valence-electron chi connectivity index (χ1n) is 11.1. The number of ether oxygens (including phenoxy) is 1. The van der Waals surface area contributed by atoms with E-state index in [9.17, 15) is 4.79 Å². The highest BCUT2D eigenvalue weighted by Gasteiger charge is 2.23. The Morgan fingerprint density at radius 3 is 2.39 bits per heavy atom. The van der Waals surface area contributed by atoms with Crippen LogP contribution in [0.25, 0.3) is 0 Å². The summed E-state index contributed by atoms with van der Waals surface area (Å²) in [5.74, 6) is 1.55. The SMILES string of the molecule is CCC(C)NC(=NCC(=O)N(C)C)NCC(c1ccc(OC)cc1)N1CCCCC1.I. The molecule has 0 aromatic heterocycles. The van der Waals surface area contributed by atoms with Crippen LogP contribution in [0, 0.1) is 0 Å². The molecule has 0 bridgehead atoms. The fraction of sp³-hybridized carbons (Fsp3) is 0.652. The van der Waals surface area contributed by atoms with Crippen LogP contribution in [-0.2, 0) is 4.79 Å². The molecule has 2 unspecified atom stereocenters. The van der Waals surface area contributed by atoms with Gasteiger partial charge in [0.2, 0.25) is 5.91 Å². The number of amides is 1. The van der Waals surface area contributed by atoms with E-state index in [1.807, 2.05) is 12.1 Å². The van der Waals surface area contributed by atoms with Gasteiger partial charge in [0.25, 0.3) is 0 Å². The Bertz CT molecular complexity index is 675. The van der Waals surface area contributed by atoms with Gasteiger partial charge in [0.15, 0.2) is 5.96 Å². The summed E-state index contributed by atoms with van der Waals surface area (Å²) in [5, 5.41) is 6.92. The average Bonchev–Trinajstić information content (AvgIpc) is 2.78. The molecule has 2 atom stereocenters. The van der Waals surface area contributed by atoms with E-state index in [0.717, 1.165) is 31.8 Å². The zero-order valence-corrected chi connectivity index (χ0v) is 22.0. The summed E-state index contributed by atoms with van der Waals surface area (Å²) in [5.41, 5.74) is 1.26. The minimum atomic E-state index is -0.0111. The molecule has 1 fully saturated rings. The molecule has 2 N–H and O–H groups in total. The summed E-state index contributed by atoms with van der Waals surface area (Å²) in [6, 6.07) is 8.86. The summed E-state index contributed by atoms with van der Waals surface area (Å²) >= 11 is 0. The van der Waals surface area contributed by atoms with Crippen LogP contribution in [0.2, 0.25) is 0 Å². The van der Waals surface area contributed by atoms with Gasteiger partial charge < -0.3 is 20.3 Å². The van der Waals surface area contributed by atoms with E-state index < -0.39 is 0 Å². The number of hydrogen-bond acceptors (Lipinski definition) is 4. The highest BCUT2D eigenvalue weighted by atomic mass is 127. The second-order valence-corrected chi connectivity index (χ2v) is 8.17. The van der Waals surface area contributed by atoms with E-state index in [0.29, 0.717) is 5.96 Å². The first-order valence-corrected chi connectivity index (χ1v) is 11.1. The molecule has 176 valence electrons. The largest absolute Gasteiger partial charge is 0.497 e. The molecule has 1 aromatic rings. The Morgan fingerprint density at radius 1 is 1.19 bits per heavy atom. The number of likely N-dealkylation sites (N-methyl/N-ethyl adjacent to an activating group) is 1. The maximum absolute atomic E-state index is 12.0. The summed E-state index contributed by atoms with van der Waals surface area (Å²) in [4.78, 5) is 20.7. The molecule has 31 heavy (non-hydrogen) atoms. The highest BCUT2D eigenvalue weighted by Crippen LogP contribution is 2.25. The number of carbonyl (C=O) groups is 1. The number of likely N-dealkylation sites (tertiary alicyclic amines) is 1. The van der Waals surface area contributed by atoms with Crippen LogP contribution in [0.15, 0.2) is 29.3 Å². The summed E-state index contributed by atoms with van der Waals surface area (Å²) in [7, 11) is 5.20. The lowest BCUT2D eigenvalue weighted by atomic mass is 10.0. The van der Waals surface area contributed by atoms with Crippen molar-refractivity contribution >= 4 is 35.8 Å². The molecule has 0 saturated carbocycles. The van der Waals surface area contributed by atoms with Crippen molar-refractivity contribution in [3.8, 4) is 5.75 Å². The van der Waals surface area contributed by atoms with E-state index in [1.54, 1.807) is 26.1 Å². The Hall–Kier alpha value is -1.55. The molecule has 1 aliphatic heterocycles. The van der Waals surface area contributed by atoms with Gasteiger partial charge in [-0.3, -0.25) is 9.69 Å². The maximum Gasteiger partial charge on any atom is 0.243 e. The van der Waals surface area contributed by atoms with E-state index in [2.05, 4.69) is 46.5 Å². The van der Waals surface area contributed by atoms with E-state index >= 15 is 0 Å². The first-order chi connectivity index (χ1) is 14.4. The van der Waals surface area contributed by atoms with Crippen molar-refractivity contribution in [3.63, 3.8) is 0 Å². The van der Waals surface area contributed by atoms with Gasteiger partial charge in [0.05, 0.1) is 13.2 Å². The van der Waals surface area contributed by atoms with Gasteiger partial charge >= 0.3 is 0 Å². The molecule has 0 aliphatic carbocycles. The Kier molecular flexibility index (Phi) is 12.9. The molecule has 1 aliphatic rings. The number of halogens is 1. The molecule has 1 heterocycles. The zero-order chi connectivity index (χ0) is 21.9. The monoisotopic (exact) mass is 545 g/mol. The minimum Gasteiger partial charge on any atom is -0.497 e. The van der Waals surface area contributed by atoms with Crippen molar-refractivity contribution in [1.82, 2.24) is 20.4 Å². The van der Waals surface area contributed by atoms with E-state index in [-0.39, 0.29) is 48.5 Å².